The van der Waals surface area contributed by atoms with E-state index in [0.717, 1.165) is 13.1 Å². The number of likely N-dealkylation sites (N-methyl/N-ethyl adjacent to an activating group) is 1. The Morgan fingerprint density at radius 2 is 1.78 bits per heavy atom. The highest BCUT2D eigenvalue weighted by atomic mass is 16.7. The van der Waals surface area contributed by atoms with Crippen molar-refractivity contribution in [2.75, 3.05) is 51.2 Å². The Labute approximate surface area is 215 Å². The van der Waals surface area contributed by atoms with Gasteiger partial charge >= 0.3 is 18.1 Å². The number of benzene rings is 1. The van der Waals surface area contributed by atoms with Crippen molar-refractivity contribution < 1.29 is 28.8 Å². The number of nitrogens with one attached hydrogen (secondary N) is 2. The number of carbonyl (C=O) groups is 4. The number of amidine groups is 1. The molecular weight excluding hydrogens is 482 g/mol. The lowest BCUT2D eigenvalue weighted by atomic mass is 10.2. The zero-order valence-corrected chi connectivity index (χ0v) is 21.4. The zero-order chi connectivity index (χ0) is 26.9. The summed E-state index contributed by atoms with van der Waals surface area (Å²) in [5, 5.41) is 8.95. The molecule has 13 nitrogen and oxygen atoms in total. The molecule has 0 bridgehead atoms. The minimum atomic E-state index is -0.678. The summed E-state index contributed by atoms with van der Waals surface area (Å²) >= 11 is 0. The first-order valence-corrected chi connectivity index (χ1v) is 12.3. The molecule has 2 aliphatic rings. The predicted octanol–water partition coefficient (Wildman–Crippen LogP) is 0.437. The van der Waals surface area contributed by atoms with E-state index < -0.39 is 24.1 Å². The van der Waals surface area contributed by atoms with Crippen LogP contribution in [0.1, 0.15) is 32.3 Å². The molecule has 202 valence electrons. The van der Waals surface area contributed by atoms with Gasteiger partial charge in [0.2, 0.25) is 5.91 Å². The molecule has 2 heterocycles. The number of oxime groups is 1. The fourth-order valence-electron chi connectivity index (χ4n) is 3.88. The molecule has 2 aliphatic heterocycles. The van der Waals surface area contributed by atoms with Gasteiger partial charge in [0, 0.05) is 50.5 Å². The molecule has 1 aromatic carbocycles. The summed E-state index contributed by atoms with van der Waals surface area (Å²) in [6, 6.07) is 5.57. The maximum Gasteiger partial charge on any atom is 0.436 e. The van der Waals surface area contributed by atoms with Crippen molar-refractivity contribution in [1.82, 2.24) is 20.4 Å². The van der Waals surface area contributed by atoms with Crippen LogP contribution in [0, 0.1) is 0 Å². The highest BCUT2D eigenvalue weighted by molar-refractivity contribution is 6.02. The monoisotopic (exact) mass is 517 g/mol. The first kappa shape index (κ1) is 27.7. The summed E-state index contributed by atoms with van der Waals surface area (Å²) < 4.78 is 5.01. The van der Waals surface area contributed by atoms with Crippen LogP contribution < -0.4 is 21.3 Å². The molecule has 4 N–H and O–H groups in total. The maximum atomic E-state index is 12.8. The summed E-state index contributed by atoms with van der Waals surface area (Å²) in [4.78, 5) is 58.9. The van der Waals surface area contributed by atoms with Gasteiger partial charge in [-0.05, 0) is 51.6 Å². The van der Waals surface area contributed by atoms with Crippen LogP contribution in [0.25, 0.3) is 0 Å². The van der Waals surface area contributed by atoms with E-state index in [1.165, 1.54) is 0 Å². The average molecular weight is 518 g/mol. The van der Waals surface area contributed by atoms with E-state index in [2.05, 4.69) is 20.7 Å². The molecule has 3 rings (SSSR count). The second-order valence-corrected chi connectivity index (χ2v) is 9.19. The van der Waals surface area contributed by atoms with Crippen molar-refractivity contribution in [3.05, 3.63) is 29.8 Å². The Bertz CT molecular complexity index is 1010. The number of esters is 1. The van der Waals surface area contributed by atoms with E-state index in [9.17, 15) is 19.2 Å². The van der Waals surface area contributed by atoms with Gasteiger partial charge in [-0.25, -0.2) is 9.59 Å². The van der Waals surface area contributed by atoms with Crippen molar-refractivity contribution in [3.8, 4) is 0 Å². The third-order valence-electron chi connectivity index (χ3n) is 5.95. The molecule has 2 fully saturated rings. The van der Waals surface area contributed by atoms with Gasteiger partial charge in [0.15, 0.2) is 5.84 Å². The van der Waals surface area contributed by atoms with E-state index in [-0.39, 0.29) is 30.8 Å². The number of carbonyl (C=O) groups excluding carboxylic acids is 4. The van der Waals surface area contributed by atoms with Crippen molar-refractivity contribution in [1.29, 1.82) is 0 Å². The molecule has 4 amide bonds. The van der Waals surface area contributed by atoms with Crippen molar-refractivity contribution >= 4 is 35.5 Å². The van der Waals surface area contributed by atoms with Crippen LogP contribution in [0.4, 0.5) is 15.3 Å². The topological polar surface area (TPSA) is 159 Å². The fourth-order valence-corrected chi connectivity index (χ4v) is 3.88. The zero-order valence-electron chi connectivity index (χ0n) is 21.4. The molecule has 1 atom stereocenters. The van der Waals surface area contributed by atoms with E-state index in [0.29, 0.717) is 37.3 Å². The molecule has 0 spiro atoms. The Morgan fingerprint density at radius 3 is 2.43 bits per heavy atom. The number of ether oxygens (including phenoxy) is 1. The lowest BCUT2D eigenvalue weighted by Crippen LogP contribution is -2.47. The SMILES string of the molecule is CC(C)OC(=O)CCNC(=O)N[C@H]1CCN(c2ccc(C(N)=NOC(=O)N3CCN(C)CC3)cc2)C1=O. The molecule has 0 radical (unpaired) electrons. The molecule has 0 aromatic heterocycles. The second-order valence-electron chi connectivity index (χ2n) is 9.19. The molecule has 0 aliphatic carbocycles. The first-order chi connectivity index (χ1) is 17.6. The van der Waals surface area contributed by atoms with Gasteiger partial charge in [0.25, 0.3) is 0 Å². The van der Waals surface area contributed by atoms with Crippen LogP contribution in [0.2, 0.25) is 0 Å². The van der Waals surface area contributed by atoms with Crippen molar-refractivity contribution in [2.45, 2.75) is 38.8 Å². The van der Waals surface area contributed by atoms with Gasteiger partial charge in [-0.3, -0.25) is 14.4 Å². The van der Waals surface area contributed by atoms with Crippen molar-refractivity contribution in [3.63, 3.8) is 0 Å². The standard InChI is InChI=1S/C24H35N7O6/c1-16(2)36-20(32)8-10-26-23(34)27-19-9-11-31(22(19)33)18-6-4-17(5-7-18)21(25)28-37-24(35)30-14-12-29(3)13-15-30/h4-7,16,19H,8-15H2,1-3H3,(H2,25,28)(H2,26,27,34)/t19-/m0/s1. The number of hydrogen-bond donors (Lipinski definition) is 3. The summed E-state index contributed by atoms with van der Waals surface area (Å²) in [6.07, 6.45) is -0.279. The van der Waals surface area contributed by atoms with Gasteiger partial charge in [0.1, 0.15) is 6.04 Å². The van der Waals surface area contributed by atoms with Crippen LogP contribution in [-0.4, -0.2) is 98.1 Å². The summed E-state index contributed by atoms with van der Waals surface area (Å²) in [5.74, 6) is -0.610. The lowest BCUT2D eigenvalue weighted by molar-refractivity contribution is -0.147. The van der Waals surface area contributed by atoms with Gasteiger partial charge < -0.3 is 35.8 Å². The molecule has 1 aromatic rings. The fraction of sp³-hybridized carbons (Fsp3) is 0.542. The number of amides is 4. The van der Waals surface area contributed by atoms with Crippen LogP contribution in [0.3, 0.4) is 0 Å². The number of piperazine rings is 1. The van der Waals surface area contributed by atoms with E-state index >= 15 is 0 Å². The molecule has 2 saturated heterocycles. The van der Waals surface area contributed by atoms with Gasteiger partial charge in [-0.1, -0.05) is 5.16 Å². The van der Waals surface area contributed by atoms with Gasteiger partial charge in [0.05, 0.1) is 12.5 Å². The van der Waals surface area contributed by atoms with E-state index in [1.807, 2.05) is 7.05 Å². The first-order valence-electron chi connectivity index (χ1n) is 12.3. The van der Waals surface area contributed by atoms with Crippen LogP contribution in [-0.2, 0) is 19.2 Å². The Morgan fingerprint density at radius 1 is 1.11 bits per heavy atom. The minimum Gasteiger partial charge on any atom is -0.463 e. The van der Waals surface area contributed by atoms with Crippen molar-refractivity contribution in [2.24, 2.45) is 10.9 Å². The third-order valence-corrected chi connectivity index (χ3v) is 5.95. The lowest BCUT2D eigenvalue weighted by Gasteiger charge is -2.30. The van der Waals surface area contributed by atoms with E-state index in [1.54, 1.807) is 47.9 Å². The molecule has 0 saturated carbocycles. The van der Waals surface area contributed by atoms with Gasteiger partial charge in [-0.2, -0.15) is 0 Å². The number of anilines is 1. The van der Waals surface area contributed by atoms with Crippen LogP contribution in [0.5, 0.6) is 0 Å². The highest BCUT2D eigenvalue weighted by Crippen LogP contribution is 2.22. The molecule has 13 heteroatoms. The number of rotatable bonds is 8. The number of nitrogens with two attached hydrogens (primary N) is 1. The molecule has 37 heavy (non-hydrogen) atoms. The van der Waals surface area contributed by atoms with Crippen LogP contribution in [0.15, 0.2) is 29.4 Å². The molecular formula is C24H35N7O6. The summed E-state index contributed by atoms with van der Waals surface area (Å²) in [7, 11) is 1.99. The normalized spacial score (nSPS) is 18.6. The Hall–Kier alpha value is -3.87. The van der Waals surface area contributed by atoms with Crippen LogP contribution >= 0.6 is 0 Å². The quantitative estimate of drug-likeness (QED) is 0.147. The minimum absolute atomic E-state index is 0.0373. The van der Waals surface area contributed by atoms with E-state index in [4.69, 9.17) is 15.3 Å². The number of nitrogens with zero attached hydrogens (tertiary/aromatic N) is 4. The summed E-state index contributed by atoms with van der Waals surface area (Å²) in [6.45, 7) is 6.69. The largest absolute Gasteiger partial charge is 0.463 e. The Kier molecular flexibility index (Phi) is 9.66. The number of hydrogen-bond acceptors (Lipinski definition) is 8. The van der Waals surface area contributed by atoms with Gasteiger partial charge in [-0.15, -0.1) is 0 Å². The number of urea groups is 1. The highest BCUT2D eigenvalue weighted by Gasteiger charge is 2.33. The predicted molar refractivity (Wildman–Crippen MR) is 136 cm³/mol. The molecule has 0 unspecified atom stereocenters. The summed E-state index contributed by atoms with van der Waals surface area (Å²) in [5.41, 5.74) is 7.14. The maximum absolute atomic E-state index is 12.8. The Balaban J connectivity index is 1.46. The third kappa shape index (κ3) is 8.07. The average Bonchev–Trinajstić information content (AvgIpc) is 3.22. The smallest absolute Gasteiger partial charge is 0.436 e. The second kappa shape index (κ2) is 12.9.